The number of amides is 1. The minimum atomic E-state index is -0.120. The smallest absolute Gasteiger partial charge is 0.221 e. The minimum absolute atomic E-state index is 0.120. The summed E-state index contributed by atoms with van der Waals surface area (Å²) < 4.78 is 0. The number of pyridine rings is 1. The fraction of sp³-hybridized carbons (Fsp3) is 0.0714. The summed E-state index contributed by atoms with van der Waals surface area (Å²) in [7, 11) is 0. The number of hydrogen-bond acceptors (Lipinski definition) is 3. The monoisotopic (exact) mass is 237 g/mol. The molecule has 88 valence electrons. The van der Waals surface area contributed by atoms with Crippen LogP contribution in [-0.4, -0.2) is 10.9 Å². The summed E-state index contributed by atoms with van der Waals surface area (Å²) in [5.74, 6) is -0.120. The molecule has 1 amide bonds. The summed E-state index contributed by atoms with van der Waals surface area (Å²) in [6.45, 7) is 1.46. The Morgan fingerprint density at radius 3 is 2.89 bits per heavy atom. The Bertz CT molecular complexity index is 629. The topological polar surface area (TPSA) is 65.8 Å². The summed E-state index contributed by atoms with van der Waals surface area (Å²) in [4.78, 5) is 15.2. The van der Waals surface area contributed by atoms with E-state index in [4.69, 9.17) is 5.26 Å². The van der Waals surface area contributed by atoms with Gasteiger partial charge in [0.15, 0.2) is 0 Å². The van der Waals surface area contributed by atoms with Gasteiger partial charge in [0.05, 0.1) is 17.3 Å². The number of anilines is 1. The maximum atomic E-state index is 11.0. The van der Waals surface area contributed by atoms with Crippen molar-refractivity contribution in [2.24, 2.45) is 0 Å². The van der Waals surface area contributed by atoms with E-state index in [-0.39, 0.29) is 5.91 Å². The number of carbonyl (C=O) groups is 1. The highest BCUT2D eigenvalue weighted by atomic mass is 16.1. The third-order valence-corrected chi connectivity index (χ3v) is 2.37. The molecule has 0 saturated carbocycles. The lowest BCUT2D eigenvalue weighted by Crippen LogP contribution is -2.05. The quantitative estimate of drug-likeness (QED) is 0.872. The maximum Gasteiger partial charge on any atom is 0.221 e. The molecule has 2 rings (SSSR count). The molecule has 0 fully saturated rings. The van der Waals surface area contributed by atoms with Gasteiger partial charge in [-0.3, -0.25) is 9.78 Å². The molecular formula is C14H11N3O. The van der Waals surface area contributed by atoms with Gasteiger partial charge in [0, 0.05) is 24.4 Å². The number of benzene rings is 1. The number of carbonyl (C=O) groups excluding carboxylic acids is 1. The SMILES string of the molecule is CC(=O)Nc1cccc(-c2cc(C#N)ccn2)c1. The molecule has 0 aliphatic rings. The Labute approximate surface area is 105 Å². The summed E-state index contributed by atoms with van der Waals surface area (Å²) in [6.07, 6.45) is 1.60. The van der Waals surface area contributed by atoms with Crippen LogP contribution in [-0.2, 0) is 4.79 Å². The van der Waals surface area contributed by atoms with Crippen LogP contribution in [0.1, 0.15) is 12.5 Å². The summed E-state index contributed by atoms with van der Waals surface area (Å²) in [5.41, 5.74) is 2.84. The lowest BCUT2D eigenvalue weighted by Gasteiger charge is -2.05. The summed E-state index contributed by atoms with van der Waals surface area (Å²) in [5, 5.41) is 11.6. The van der Waals surface area contributed by atoms with Crippen molar-refractivity contribution in [1.29, 1.82) is 5.26 Å². The van der Waals surface area contributed by atoms with E-state index >= 15 is 0 Å². The highest BCUT2D eigenvalue weighted by Crippen LogP contribution is 2.21. The molecule has 1 aromatic heterocycles. The summed E-state index contributed by atoms with van der Waals surface area (Å²) in [6, 6.07) is 12.8. The van der Waals surface area contributed by atoms with Crippen LogP contribution in [0.15, 0.2) is 42.6 Å². The number of nitrogens with zero attached hydrogens (tertiary/aromatic N) is 2. The van der Waals surface area contributed by atoms with Gasteiger partial charge in [-0.05, 0) is 24.3 Å². The van der Waals surface area contributed by atoms with Gasteiger partial charge in [-0.25, -0.2) is 0 Å². The zero-order valence-corrected chi connectivity index (χ0v) is 9.84. The molecule has 0 bridgehead atoms. The Morgan fingerprint density at radius 1 is 1.33 bits per heavy atom. The number of nitriles is 1. The van der Waals surface area contributed by atoms with Gasteiger partial charge in [0.25, 0.3) is 0 Å². The van der Waals surface area contributed by atoms with Crippen LogP contribution in [0, 0.1) is 11.3 Å². The van der Waals surface area contributed by atoms with E-state index < -0.39 is 0 Å². The van der Waals surface area contributed by atoms with Gasteiger partial charge in [-0.1, -0.05) is 12.1 Å². The normalized spacial score (nSPS) is 9.56. The van der Waals surface area contributed by atoms with Crippen LogP contribution >= 0.6 is 0 Å². The molecule has 0 aliphatic heterocycles. The average Bonchev–Trinajstić information content (AvgIpc) is 2.38. The molecule has 0 unspecified atom stereocenters. The molecule has 18 heavy (non-hydrogen) atoms. The van der Waals surface area contributed by atoms with E-state index in [9.17, 15) is 4.79 Å². The van der Waals surface area contributed by atoms with Crippen LogP contribution in [0.2, 0.25) is 0 Å². The molecule has 1 N–H and O–H groups in total. The second kappa shape index (κ2) is 5.11. The van der Waals surface area contributed by atoms with Crippen LogP contribution in [0.25, 0.3) is 11.3 Å². The summed E-state index contributed by atoms with van der Waals surface area (Å²) >= 11 is 0. The van der Waals surface area contributed by atoms with Crippen LogP contribution < -0.4 is 5.32 Å². The molecule has 1 heterocycles. The van der Waals surface area contributed by atoms with Gasteiger partial charge < -0.3 is 5.32 Å². The molecule has 0 atom stereocenters. The zero-order valence-electron chi connectivity index (χ0n) is 9.84. The molecule has 2 aromatic rings. The van der Waals surface area contributed by atoms with Crippen molar-refractivity contribution in [2.45, 2.75) is 6.92 Å². The third-order valence-electron chi connectivity index (χ3n) is 2.37. The number of rotatable bonds is 2. The van der Waals surface area contributed by atoms with Crippen molar-refractivity contribution in [3.63, 3.8) is 0 Å². The van der Waals surface area contributed by atoms with Gasteiger partial charge in [0.2, 0.25) is 5.91 Å². The second-order valence-electron chi connectivity index (χ2n) is 3.80. The van der Waals surface area contributed by atoms with E-state index in [1.807, 2.05) is 18.2 Å². The van der Waals surface area contributed by atoms with Crippen molar-refractivity contribution in [3.05, 3.63) is 48.2 Å². The predicted octanol–water partition coefficient (Wildman–Crippen LogP) is 2.58. The molecule has 0 aliphatic carbocycles. The zero-order chi connectivity index (χ0) is 13.0. The molecule has 0 saturated heterocycles. The van der Waals surface area contributed by atoms with E-state index in [2.05, 4.69) is 16.4 Å². The standard InChI is InChI=1S/C14H11N3O/c1-10(18)17-13-4-2-3-12(8-13)14-7-11(9-15)5-6-16-14/h2-8H,1H3,(H,17,18). The first-order valence-corrected chi connectivity index (χ1v) is 5.43. The van der Waals surface area contributed by atoms with Gasteiger partial charge in [-0.2, -0.15) is 5.26 Å². The van der Waals surface area contributed by atoms with E-state index in [0.717, 1.165) is 5.56 Å². The van der Waals surface area contributed by atoms with Crippen molar-refractivity contribution >= 4 is 11.6 Å². The molecular weight excluding hydrogens is 226 g/mol. The maximum absolute atomic E-state index is 11.0. The lowest BCUT2D eigenvalue weighted by molar-refractivity contribution is -0.114. The Morgan fingerprint density at radius 2 is 2.17 bits per heavy atom. The van der Waals surface area contributed by atoms with Crippen molar-refractivity contribution in [3.8, 4) is 17.3 Å². The Kier molecular flexibility index (Phi) is 3.35. The van der Waals surface area contributed by atoms with Gasteiger partial charge >= 0.3 is 0 Å². The molecule has 0 spiro atoms. The first-order chi connectivity index (χ1) is 8.69. The minimum Gasteiger partial charge on any atom is -0.326 e. The second-order valence-corrected chi connectivity index (χ2v) is 3.80. The Hall–Kier alpha value is -2.67. The lowest BCUT2D eigenvalue weighted by atomic mass is 10.1. The molecule has 4 heteroatoms. The first-order valence-electron chi connectivity index (χ1n) is 5.43. The molecule has 1 aromatic carbocycles. The van der Waals surface area contributed by atoms with Gasteiger partial charge in [0.1, 0.15) is 0 Å². The van der Waals surface area contributed by atoms with E-state index in [1.165, 1.54) is 6.92 Å². The fourth-order valence-corrected chi connectivity index (χ4v) is 1.62. The van der Waals surface area contributed by atoms with E-state index in [1.54, 1.807) is 24.4 Å². The van der Waals surface area contributed by atoms with Crippen LogP contribution in [0.3, 0.4) is 0 Å². The van der Waals surface area contributed by atoms with Crippen LogP contribution in [0.5, 0.6) is 0 Å². The predicted molar refractivity (Wildman–Crippen MR) is 68.7 cm³/mol. The first kappa shape index (κ1) is 11.8. The molecule has 4 nitrogen and oxygen atoms in total. The van der Waals surface area contributed by atoms with Crippen molar-refractivity contribution in [2.75, 3.05) is 5.32 Å². The third kappa shape index (κ3) is 2.71. The number of hydrogen-bond donors (Lipinski definition) is 1. The number of aromatic nitrogens is 1. The van der Waals surface area contributed by atoms with Crippen molar-refractivity contribution in [1.82, 2.24) is 4.98 Å². The largest absolute Gasteiger partial charge is 0.326 e. The fourth-order valence-electron chi connectivity index (χ4n) is 1.62. The highest BCUT2D eigenvalue weighted by Gasteiger charge is 2.02. The highest BCUT2D eigenvalue weighted by molar-refractivity contribution is 5.89. The van der Waals surface area contributed by atoms with Crippen LogP contribution in [0.4, 0.5) is 5.69 Å². The molecule has 0 radical (unpaired) electrons. The average molecular weight is 237 g/mol. The van der Waals surface area contributed by atoms with Gasteiger partial charge in [-0.15, -0.1) is 0 Å². The Balaban J connectivity index is 2.38. The van der Waals surface area contributed by atoms with Crippen molar-refractivity contribution < 1.29 is 4.79 Å². The number of nitrogens with one attached hydrogen (secondary N) is 1. The van der Waals surface area contributed by atoms with E-state index in [0.29, 0.717) is 16.9 Å².